The summed E-state index contributed by atoms with van der Waals surface area (Å²) in [5, 5.41) is 12.5. The van der Waals surface area contributed by atoms with E-state index in [9.17, 15) is 0 Å². The second kappa shape index (κ2) is 6.04. The van der Waals surface area contributed by atoms with Crippen molar-refractivity contribution in [3.8, 4) is 6.07 Å². The molecule has 2 rings (SSSR count). The molecule has 2 aliphatic rings. The molecule has 18 heavy (non-hydrogen) atoms. The van der Waals surface area contributed by atoms with Crippen molar-refractivity contribution in [2.75, 3.05) is 13.1 Å². The molecule has 1 atom stereocenters. The topological polar surface area (TPSA) is 39.1 Å². The molecule has 2 fully saturated rings. The van der Waals surface area contributed by atoms with Gasteiger partial charge in [-0.15, -0.1) is 0 Å². The van der Waals surface area contributed by atoms with E-state index in [-0.39, 0.29) is 5.54 Å². The average Bonchev–Trinajstić information content (AvgIpc) is 2.55. The van der Waals surface area contributed by atoms with Crippen LogP contribution in [0.3, 0.4) is 0 Å². The summed E-state index contributed by atoms with van der Waals surface area (Å²) in [4.78, 5) is 2.66. The van der Waals surface area contributed by atoms with Gasteiger partial charge >= 0.3 is 0 Å². The van der Waals surface area contributed by atoms with Gasteiger partial charge in [0.05, 0.1) is 12.5 Å². The van der Waals surface area contributed by atoms with Crippen molar-refractivity contribution < 1.29 is 0 Å². The Morgan fingerprint density at radius 1 is 1.22 bits per heavy atom. The van der Waals surface area contributed by atoms with E-state index in [1.165, 1.54) is 38.5 Å². The van der Waals surface area contributed by atoms with Gasteiger partial charge in [-0.1, -0.05) is 25.7 Å². The van der Waals surface area contributed by atoms with Crippen LogP contribution >= 0.6 is 0 Å². The smallest absolute Gasteiger partial charge is 0.0638 e. The second-order valence-electron chi connectivity index (χ2n) is 6.66. The Kier molecular flexibility index (Phi) is 4.64. The number of nitrogens with one attached hydrogen (secondary N) is 1. The maximum absolute atomic E-state index is 8.92. The zero-order valence-corrected chi connectivity index (χ0v) is 11.9. The summed E-state index contributed by atoms with van der Waals surface area (Å²) in [7, 11) is 0. The van der Waals surface area contributed by atoms with Crippen molar-refractivity contribution in [3.63, 3.8) is 0 Å². The molecule has 3 heteroatoms. The molecule has 0 amide bonds. The standard InChI is InChI=1S/C15H27N3/c1-15(2)12-18(11-13(17-15)9-10-16)14-7-5-3-4-6-8-14/h13-14,17H,3-9,11-12H2,1-2H3. The summed E-state index contributed by atoms with van der Waals surface area (Å²) >= 11 is 0. The quantitative estimate of drug-likeness (QED) is 0.765. The first-order valence-electron chi connectivity index (χ1n) is 7.49. The first-order chi connectivity index (χ1) is 8.61. The van der Waals surface area contributed by atoms with Gasteiger partial charge in [-0.2, -0.15) is 5.26 Å². The van der Waals surface area contributed by atoms with E-state index in [0.717, 1.165) is 19.1 Å². The van der Waals surface area contributed by atoms with Crippen LogP contribution in [0.4, 0.5) is 0 Å². The lowest BCUT2D eigenvalue weighted by molar-refractivity contribution is 0.0724. The number of nitriles is 1. The summed E-state index contributed by atoms with van der Waals surface area (Å²) in [6.45, 7) is 6.71. The van der Waals surface area contributed by atoms with Gasteiger partial charge in [0.25, 0.3) is 0 Å². The van der Waals surface area contributed by atoms with E-state index in [0.29, 0.717) is 12.5 Å². The zero-order valence-electron chi connectivity index (χ0n) is 11.9. The Bertz CT molecular complexity index is 297. The molecule has 0 aromatic heterocycles. The van der Waals surface area contributed by atoms with E-state index in [1.807, 2.05) is 0 Å². The molecule has 0 spiro atoms. The van der Waals surface area contributed by atoms with Gasteiger partial charge in [0.2, 0.25) is 0 Å². The van der Waals surface area contributed by atoms with Gasteiger partial charge in [0, 0.05) is 30.7 Å². The van der Waals surface area contributed by atoms with Crippen LogP contribution in [0.5, 0.6) is 0 Å². The summed E-state index contributed by atoms with van der Waals surface area (Å²) < 4.78 is 0. The molecule has 1 saturated heterocycles. The highest BCUT2D eigenvalue weighted by atomic mass is 15.3. The van der Waals surface area contributed by atoms with Crippen molar-refractivity contribution in [1.82, 2.24) is 10.2 Å². The number of piperazine rings is 1. The molecule has 1 saturated carbocycles. The van der Waals surface area contributed by atoms with Gasteiger partial charge in [0.15, 0.2) is 0 Å². The van der Waals surface area contributed by atoms with Crippen molar-refractivity contribution in [2.24, 2.45) is 0 Å². The first-order valence-corrected chi connectivity index (χ1v) is 7.49. The lowest BCUT2D eigenvalue weighted by Crippen LogP contribution is -2.63. The molecule has 3 nitrogen and oxygen atoms in total. The van der Waals surface area contributed by atoms with Crippen LogP contribution in [0.25, 0.3) is 0 Å². The largest absolute Gasteiger partial charge is 0.305 e. The molecule has 1 heterocycles. The molecule has 1 unspecified atom stereocenters. The SMILES string of the molecule is CC1(C)CN(C2CCCCCC2)CC(CC#N)N1. The van der Waals surface area contributed by atoms with Gasteiger partial charge < -0.3 is 5.32 Å². The zero-order chi connectivity index (χ0) is 13.0. The average molecular weight is 249 g/mol. The third-order valence-corrected chi connectivity index (χ3v) is 4.33. The Morgan fingerprint density at radius 2 is 1.89 bits per heavy atom. The number of hydrogen-bond donors (Lipinski definition) is 1. The highest BCUT2D eigenvalue weighted by molar-refractivity contribution is 4.97. The summed E-state index contributed by atoms with van der Waals surface area (Å²) in [5.41, 5.74) is 0.145. The molecule has 1 aliphatic heterocycles. The molecule has 1 N–H and O–H groups in total. The van der Waals surface area contributed by atoms with E-state index in [4.69, 9.17) is 5.26 Å². The molecule has 0 radical (unpaired) electrons. The van der Waals surface area contributed by atoms with Gasteiger partial charge in [-0.05, 0) is 26.7 Å². The molecule has 1 aliphatic carbocycles. The molecule has 102 valence electrons. The van der Waals surface area contributed by atoms with Crippen LogP contribution in [0.2, 0.25) is 0 Å². The first kappa shape index (κ1) is 13.8. The molecule has 0 aromatic rings. The Morgan fingerprint density at radius 3 is 2.50 bits per heavy atom. The third-order valence-electron chi connectivity index (χ3n) is 4.33. The number of nitrogens with zero attached hydrogens (tertiary/aromatic N) is 2. The monoisotopic (exact) mass is 249 g/mol. The Balaban J connectivity index is 1.99. The summed E-state index contributed by atoms with van der Waals surface area (Å²) in [6, 6.07) is 3.43. The minimum absolute atomic E-state index is 0.145. The van der Waals surface area contributed by atoms with Crippen LogP contribution in [-0.4, -0.2) is 35.6 Å². The highest BCUT2D eigenvalue weighted by Crippen LogP contribution is 2.26. The van der Waals surface area contributed by atoms with Gasteiger partial charge in [-0.25, -0.2) is 0 Å². The van der Waals surface area contributed by atoms with Gasteiger partial charge in [-0.3, -0.25) is 4.90 Å². The fourth-order valence-corrected chi connectivity index (χ4v) is 3.63. The predicted octanol–water partition coefficient (Wildman–Crippen LogP) is 2.68. The van der Waals surface area contributed by atoms with Crippen molar-refractivity contribution in [1.29, 1.82) is 5.26 Å². The summed E-state index contributed by atoms with van der Waals surface area (Å²) in [5.74, 6) is 0. The van der Waals surface area contributed by atoms with Crippen LogP contribution in [-0.2, 0) is 0 Å². The number of rotatable bonds is 2. The van der Waals surface area contributed by atoms with Crippen molar-refractivity contribution in [2.45, 2.75) is 76.4 Å². The van der Waals surface area contributed by atoms with Crippen LogP contribution in [0.1, 0.15) is 58.8 Å². The lowest BCUT2D eigenvalue weighted by Gasteiger charge is -2.46. The van der Waals surface area contributed by atoms with Crippen molar-refractivity contribution in [3.05, 3.63) is 0 Å². The molecular weight excluding hydrogens is 222 g/mol. The number of hydrogen-bond acceptors (Lipinski definition) is 3. The lowest BCUT2D eigenvalue weighted by atomic mass is 9.94. The van der Waals surface area contributed by atoms with Crippen LogP contribution in [0.15, 0.2) is 0 Å². The van der Waals surface area contributed by atoms with E-state index < -0.39 is 0 Å². The maximum Gasteiger partial charge on any atom is 0.0638 e. The van der Waals surface area contributed by atoms with E-state index >= 15 is 0 Å². The molecule has 0 aromatic carbocycles. The van der Waals surface area contributed by atoms with Crippen LogP contribution < -0.4 is 5.32 Å². The molecule has 0 bridgehead atoms. The van der Waals surface area contributed by atoms with Crippen molar-refractivity contribution >= 4 is 0 Å². The van der Waals surface area contributed by atoms with Gasteiger partial charge in [0.1, 0.15) is 0 Å². The van der Waals surface area contributed by atoms with E-state index in [1.54, 1.807) is 0 Å². The minimum atomic E-state index is 0.145. The predicted molar refractivity (Wildman–Crippen MR) is 74.3 cm³/mol. The fraction of sp³-hybridized carbons (Fsp3) is 0.933. The third kappa shape index (κ3) is 3.70. The Hall–Kier alpha value is -0.590. The fourth-order valence-electron chi connectivity index (χ4n) is 3.63. The second-order valence-corrected chi connectivity index (χ2v) is 6.66. The summed E-state index contributed by atoms with van der Waals surface area (Å²) in [6.07, 6.45) is 8.94. The van der Waals surface area contributed by atoms with Crippen LogP contribution in [0, 0.1) is 11.3 Å². The highest BCUT2D eigenvalue weighted by Gasteiger charge is 2.34. The molecular formula is C15H27N3. The maximum atomic E-state index is 8.92. The Labute approximate surface area is 112 Å². The normalized spacial score (nSPS) is 30.6. The minimum Gasteiger partial charge on any atom is -0.305 e. The van der Waals surface area contributed by atoms with E-state index in [2.05, 4.69) is 30.1 Å².